The number of carbonyl (C=O) groups is 2. The highest BCUT2D eigenvalue weighted by molar-refractivity contribution is 5.97. The number of hydrogen-bond acceptors (Lipinski definition) is 2. The second-order valence-corrected chi connectivity index (χ2v) is 7.98. The monoisotopic (exact) mass is 350 g/mol. The lowest BCUT2D eigenvalue weighted by Crippen LogP contribution is -2.28. The van der Waals surface area contributed by atoms with E-state index < -0.39 is 0 Å². The lowest BCUT2D eigenvalue weighted by Gasteiger charge is -2.19. The van der Waals surface area contributed by atoms with Crippen LogP contribution in [0, 0.1) is 5.92 Å². The molecule has 2 amide bonds. The van der Waals surface area contributed by atoms with Gasteiger partial charge in [0.05, 0.1) is 5.92 Å². The van der Waals surface area contributed by atoms with Crippen molar-refractivity contribution in [2.24, 2.45) is 5.92 Å². The lowest BCUT2D eigenvalue weighted by atomic mass is 9.87. The van der Waals surface area contributed by atoms with E-state index in [9.17, 15) is 9.59 Å². The summed E-state index contributed by atoms with van der Waals surface area (Å²) >= 11 is 0. The zero-order chi connectivity index (χ0) is 18.7. The van der Waals surface area contributed by atoms with Crippen LogP contribution in [0.2, 0.25) is 0 Å². The standard InChI is InChI=1S/C22H26N2O2/c1-22(2,3)18-9-11-19(12-10-18)23-21(26)17-13-20(25)24(15-17)14-16-7-5-4-6-8-16/h4-12,17H,13-15H2,1-3H3,(H,23,26). The highest BCUT2D eigenvalue weighted by atomic mass is 16.2. The van der Waals surface area contributed by atoms with E-state index in [1.54, 1.807) is 4.90 Å². The fourth-order valence-corrected chi connectivity index (χ4v) is 3.20. The molecule has 0 radical (unpaired) electrons. The molecule has 0 aliphatic carbocycles. The van der Waals surface area contributed by atoms with Gasteiger partial charge >= 0.3 is 0 Å². The lowest BCUT2D eigenvalue weighted by molar-refractivity contribution is -0.128. The first kappa shape index (κ1) is 18.2. The van der Waals surface area contributed by atoms with Gasteiger partial charge in [-0.2, -0.15) is 0 Å². The van der Waals surface area contributed by atoms with Crippen molar-refractivity contribution >= 4 is 17.5 Å². The van der Waals surface area contributed by atoms with Gasteiger partial charge in [-0.05, 0) is 28.7 Å². The highest BCUT2D eigenvalue weighted by Gasteiger charge is 2.34. The molecule has 1 saturated heterocycles. The molecule has 1 aliphatic heterocycles. The van der Waals surface area contributed by atoms with Crippen molar-refractivity contribution in [3.63, 3.8) is 0 Å². The summed E-state index contributed by atoms with van der Waals surface area (Å²) in [5.41, 5.74) is 3.16. The molecular weight excluding hydrogens is 324 g/mol. The number of nitrogens with one attached hydrogen (secondary N) is 1. The van der Waals surface area contributed by atoms with Crippen molar-refractivity contribution in [1.29, 1.82) is 0 Å². The van der Waals surface area contributed by atoms with E-state index in [0.717, 1.165) is 11.3 Å². The Morgan fingerprint density at radius 1 is 1.08 bits per heavy atom. The second kappa shape index (κ2) is 7.32. The highest BCUT2D eigenvalue weighted by Crippen LogP contribution is 2.25. The van der Waals surface area contributed by atoms with E-state index in [4.69, 9.17) is 0 Å². The third-order valence-corrected chi connectivity index (χ3v) is 4.82. The molecule has 1 heterocycles. The maximum absolute atomic E-state index is 12.6. The predicted molar refractivity (Wildman–Crippen MR) is 104 cm³/mol. The van der Waals surface area contributed by atoms with Crippen LogP contribution < -0.4 is 5.32 Å². The first-order valence-corrected chi connectivity index (χ1v) is 9.06. The van der Waals surface area contributed by atoms with Gasteiger partial charge in [0.25, 0.3) is 0 Å². The Morgan fingerprint density at radius 2 is 1.73 bits per heavy atom. The van der Waals surface area contributed by atoms with Crippen LogP contribution in [0.15, 0.2) is 54.6 Å². The van der Waals surface area contributed by atoms with Crippen molar-refractivity contribution in [2.45, 2.75) is 39.2 Å². The second-order valence-electron chi connectivity index (χ2n) is 7.98. The number of likely N-dealkylation sites (tertiary alicyclic amines) is 1. The van der Waals surface area contributed by atoms with Crippen molar-refractivity contribution in [2.75, 3.05) is 11.9 Å². The number of rotatable bonds is 4. The number of anilines is 1. The molecule has 1 fully saturated rings. The quantitative estimate of drug-likeness (QED) is 0.907. The van der Waals surface area contributed by atoms with Crippen LogP contribution in [-0.2, 0) is 21.5 Å². The third-order valence-electron chi connectivity index (χ3n) is 4.82. The molecule has 0 aromatic heterocycles. The smallest absolute Gasteiger partial charge is 0.229 e. The third kappa shape index (κ3) is 4.31. The van der Waals surface area contributed by atoms with Crippen LogP contribution in [0.4, 0.5) is 5.69 Å². The van der Waals surface area contributed by atoms with Gasteiger partial charge in [0, 0.05) is 25.2 Å². The summed E-state index contributed by atoms with van der Waals surface area (Å²) < 4.78 is 0. The number of hydrogen-bond donors (Lipinski definition) is 1. The van der Waals surface area contributed by atoms with Gasteiger partial charge in [-0.1, -0.05) is 63.2 Å². The van der Waals surface area contributed by atoms with Gasteiger partial charge in [0.15, 0.2) is 0 Å². The van der Waals surface area contributed by atoms with E-state index in [-0.39, 0.29) is 29.6 Å². The summed E-state index contributed by atoms with van der Waals surface area (Å²) in [6.07, 6.45) is 0.277. The van der Waals surface area contributed by atoms with Gasteiger partial charge < -0.3 is 10.2 Å². The zero-order valence-corrected chi connectivity index (χ0v) is 15.7. The largest absolute Gasteiger partial charge is 0.338 e. The summed E-state index contributed by atoms with van der Waals surface area (Å²) in [4.78, 5) is 26.6. The molecular formula is C22H26N2O2. The van der Waals surface area contributed by atoms with Crippen molar-refractivity contribution < 1.29 is 9.59 Å². The number of carbonyl (C=O) groups excluding carboxylic acids is 2. The molecule has 1 N–H and O–H groups in total. The average molecular weight is 350 g/mol. The van der Waals surface area contributed by atoms with Gasteiger partial charge in [-0.25, -0.2) is 0 Å². The van der Waals surface area contributed by atoms with Crippen LogP contribution in [0.1, 0.15) is 38.3 Å². The molecule has 26 heavy (non-hydrogen) atoms. The molecule has 0 saturated carbocycles. The number of nitrogens with zero attached hydrogens (tertiary/aromatic N) is 1. The van der Waals surface area contributed by atoms with Gasteiger partial charge in [-0.3, -0.25) is 9.59 Å². The summed E-state index contributed by atoms with van der Waals surface area (Å²) in [7, 11) is 0. The predicted octanol–water partition coefficient (Wildman–Crippen LogP) is 3.97. The molecule has 0 bridgehead atoms. The molecule has 1 aliphatic rings. The van der Waals surface area contributed by atoms with Crippen LogP contribution in [-0.4, -0.2) is 23.3 Å². The summed E-state index contributed by atoms with van der Waals surface area (Å²) in [6, 6.07) is 17.8. The van der Waals surface area contributed by atoms with E-state index >= 15 is 0 Å². The Labute approximate surface area is 155 Å². The van der Waals surface area contributed by atoms with Crippen LogP contribution in [0.5, 0.6) is 0 Å². The Morgan fingerprint density at radius 3 is 2.35 bits per heavy atom. The fraction of sp³-hybridized carbons (Fsp3) is 0.364. The van der Waals surface area contributed by atoms with Gasteiger partial charge in [-0.15, -0.1) is 0 Å². The van der Waals surface area contributed by atoms with Crippen LogP contribution in [0.25, 0.3) is 0 Å². The van der Waals surface area contributed by atoms with Crippen molar-refractivity contribution in [3.05, 3.63) is 65.7 Å². The minimum absolute atomic E-state index is 0.0390. The first-order valence-electron chi connectivity index (χ1n) is 9.06. The molecule has 2 aromatic rings. The first-order chi connectivity index (χ1) is 12.3. The Hall–Kier alpha value is -2.62. The topological polar surface area (TPSA) is 49.4 Å². The summed E-state index contributed by atoms with van der Waals surface area (Å²) in [5, 5.41) is 2.95. The fourth-order valence-electron chi connectivity index (χ4n) is 3.20. The normalized spacial score (nSPS) is 17.4. The maximum Gasteiger partial charge on any atom is 0.229 e. The SMILES string of the molecule is CC(C)(C)c1ccc(NC(=O)C2CC(=O)N(Cc3ccccc3)C2)cc1. The molecule has 2 aromatic carbocycles. The summed E-state index contributed by atoms with van der Waals surface area (Å²) in [6.45, 7) is 7.51. The Bertz CT molecular complexity index is 776. The zero-order valence-electron chi connectivity index (χ0n) is 15.7. The van der Waals surface area contributed by atoms with Crippen LogP contribution >= 0.6 is 0 Å². The minimum atomic E-state index is -0.298. The average Bonchev–Trinajstić information content (AvgIpc) is 2.96. The molecule has 0 spiro atoms. The van der Waals surface area contributed by atoms with E-state index in [0.29, 0.717) is 13.1 Å². The molecule has 4 nitrogen and oxygen atoms in total. The molecule has 1 unspecified atom stereocenters. The molecule has 4 heteroatoms. The molecule has 3 rings (SSSR count). The van der Waals surface area contributed by atoms with Crippen LogP contribution in [0.3, 0.4) is 0 Å². The number of amides is 2. The van der Waals surface area contributed by atoms with E-state index in [2.05, 4.69) is 26.1 Å². The maximum atomic E-state index is 12.6. The van der Waals surface area contributed by atoms with E-state index in [1.165, 1.54) is 5.56 Å². The van der Waals surface area contributed by atoms with Gasteiger partial charge in [0.2, 0.25) is 11.8 Å². The molecule has 1 atom stereocenters. The Balaban J connectivity index is 1.59. The molecule has 136 valence electrons. The van der Waals surface area contributed by atoms with Gasteiger partial charge in [0.1, 0.15) is 0 Å². The number of benzene rings is 2. The van der Waals surface area contributed by atoms with Crippen molar-refractivity contribution in [3.8, 4) is 0 Å². The van der Waals surface area contributed by atoms with Crippen molar-refractivity contribution in [1.82, 2.24) is 4.90 Å². The minimum Gasteiger partial charge on any atom is -0.338 e. The Kier molecular flexibility index (Phi) is 5.12. The summed E-state index contributed by atoms with van der Waals surface area (Å²) in [5.74, 6) is -0.344. The van der Waals surface area contributed by atoms with E-state index in [1.807, 2.05) is 54.6 Å².